The predicted octanol–water partition coefficient (Wildman–Crippen LogP) is 3.33. The summed E-state index contributed by atoms with van der Waals surface area (Å²) in [4.78, 5) is 34.4. The minimum absolute atomic E-state index is 0.0100. The second-order valence-electron chi connectivity index (χ2n) is 6.96. The topological polar surface area (TPSA) is 136 Å². The molecular formula is C23H17N5O2S. The number of hydrogen-bond donors (Lipinski definition) is 2. The summed E-state index contributed by atoms with van der Waals surface area (Å²) < 4.78 is 0. The Balaban J connectivity index is 1.89. The maximum Gasteiger partial charge on any atom is 0.268 e. The number of nitriles is 1. The summed E-state index contributed by atoms with van der Waals surface area (Å²) in [6.07, 6.45) is 0.538. The molecule has 0 spiro atoms. The van der Waals surface area contributed by atoms with Crippen molar-refractivity contribution in [2.24, 2.45) is 11.5 Å². The van der Waals surface area contributed by atoms with Gasteiger partial charge in [0, 0.05) is 17.4 Å². The van der Waals surface area contributed by atoms with Crippen molar-refractivity contribution < 1.29 is 9.59 Å². The molecule has 0 unspecified atom stereocenters. The van der Waals surface area contributed by atoms with Gasteiger partial charge < -0.3 is 11.5 Å². The van der Waals surface area contributed by atoms with Crippen LogP contribution >= 0.6 is 11.3 Å². The van der Waals surface area contributed by atoms with Crippen LogP contribution in [0.3, 0.4) is 0 Å². The Kier molecular flexibility index (Phi) is 5.19. The third kappa shape index (κ3) is 3.74. The molecule has 2 aromatic heterocycles. The average molecular weight is 427 g/mol. The molecule has 8 heteroatoms. The molecule has 2 amide bonds. The van der Waals surface area contributed by atoms with Crippen molar-refractivity contribution in [1.29, 1.82) is 5.26 Å². The molecule has 0 radical (unpaired) electrons. The SMILES string of the molecule is Cc1nc(Cc2ccc(C#N)cc2)sc1-c1c(C(N)=O)nc2ccccc2c1C(N)=O. The van der Waals surface area contributed by atoms with E-state index >= 15 is 0 Å². The smallest absolute Gasteiger partial charge is 0.268 e. The highest BCUT2D eigenvalue weighted by Gasteiger charge is 2.26. The van der Waals surface area contributed by atoms with Crippen molar-refractivity contribution >= 4 is 34.1 Å². The monoisotopic (exact) mass is 427 g/mol. The molecule has 4 aromatic rings. The Morgan fingerprint density at radius 1 is 1.03 bits per heavy atom. The van der Waals surface area contributed by atoms with E-state index < -0.39 is 11.8 Å². The van der Waals surface area contributed by atoms with Crippen molar-refractivity contribution in [3.8, 4) is 16.5 Å². The summed E-state index contributed by atoms with van der Waals surface area (Å²) in [6, 6.07) is 16.3. The highest BCUT2D eigenvalue weighted by molar-refractivity contribution is 7.15. The van der Waals surface area contributed by atoms with E-state index in [0.29, 0.717) is 39.0 Å². The molecule has 152 valence electrons. The molecule has 0 aliphatic heterocycles. The number of hydrogen-bond acceptors (Lipinski definition) is 6. The number of primary amides is 2. The molecule has 4 rings (SSSR count). The molecule has 4 N–H and O–H groups in total. The van der Waals surface area contributed by atoms with Gasteiger partial charge in [-0.25, -0.2) is 9.97 Å². The zero-order valence-electron chi connectivity index (χ0n) is 16.5. The van der Waals surface area contributed by atoms with E-state index in [1.165, 1.54) is 11.3 Å². The third-order valence-electron chi connectivity index (χ3n) is 4.88. The molecular weight excluding hydrogens is 410 g/mol. The zero-order chi connectivity index (χ0) is 22.1. The normalized spacial score (nSPS) is 10.7. The minimum atomic E-state index is -0.746. The molecule has 31 heavy (non-hydrogen) atoms. The summed E-state index contributed by atoms with van der Waals surface area (Å²) in [7, 11) is 0. The maximum absolute atomic E-state index is 12.5. The first-order valence-corrected chi connectivity index (χ1v) is 10.2. The molecule has 0 aliphatic carbocycles. The number of amides is 2. The van der Waals surface area contributed by atoms with Crippen molar-refractivity contribution in [2.75, 3.05) is 0 Å². The fourth-order valence-electron chi connectivity index (χ4n) is 3.50. The number of carbonyl (C=O) groups excluding carboxylic acids is 2. The quantitative estimate of drug-likeness (QED) is 0.503. The summed E-state index contributed by atoms with van der Waals surface area (Å²) in [6.45, 7) is 1.80. The van der Waals surface area contributed by atoms with Gasteiger partial charge >= 0.3 is 0 Å². The first kappa shape index (κ1) is 20.2. The zero-order valence-corrected chi connectivity index (χ0v) is 17.4. The van der Waals surface area contributed by atoms with Gasteiger partial charge in [0.05, 0.1) is 38.3 Å². The first-order chi connectivity index (χ1) is 14.9. The molecule has 0 saturated heterocycles. The van der Waals surface area contributed by atoms with Gasteiger partial charge in [0.15, 0.2) is 0 Å². The number of nitrogens with two attached hydrogens (primary N) is 2. The number of aromatic nitrogens is 2. The number of rotatable bonds is 5. The van der Waals surface area contributed by atoms with Gasteiger partial charge in [0.1, 0.15) is 5.69 Å². The second-order valence-corrected chi connectivity index (χ2v) is 8.05. The first-order valence-electron chi connectivity index (χ1n) is 9.37. The van der Waals surface area contributed by atoms with Gasteiger partial charge in [0.2, 0.25) is 5.91 Å². The molecule has 0 atom stereocenters. The van der Waals surface area contributed by atoms with Crippen molar-refractivity contribution in [3.63, 3.8) is 0 Å². The summed E-state index contributed by atoms with van der Waals surface area (Å²) in [5.74, 6) is -1.41. The standard InChI is InChI=1S/C23H17N5O2S/c1-12-21(31-17(27-12)10-13-6-8-14(11-24)9-7-13)19-18(22(25)29)15-4-2-3-5-16(15)28-20(19)23(26)30/h2-9H,10H2,1H3,(H2,25,29)(H2,26,30). The van der Waals surface area contributed by atoms with E-state index in [9.17, 15) is 9.59 Å². The molecule has 7 nitrogen and oxygen atoms in total. The van der Waals surface area contributed by atoms with Gasteiger partial charge in [-0.15, -0.1) is 11.3 Å². The Morgan fingerprint density at radius 3 is 2.39 bits per heavy atom. The highest BCUT2D eigenvalue weighted by atomic mass is 32.1. The number of thiazole rings is 1. The summed E-state index contributed by atoms with van der Waals surface area (Å²) >= 11 is 1.36. The van der Waals surface area contributed by atoms with E-state index in [0.717, 1.165) is 10.6 Å². The fraction of sp³-hybridized carbons (Fsp3) is 0.0870. The molecule has 0 saturated carbocycles. The van der Waals surface area contributed by atoms with E-state index in [1.807, 2.05) is 12.1 Å². The second kappa shape index (κ2) is 7.97. The Labute approximate surface area is 182 Å². The molecule has 0 fully saturated rings. The number of nitrogens with zero attached hydrogens (tertiary/aromatic N) is 3. The number of fused-ring (bicyclic) bond motifs is 1. The van der Waals surface area contributed by atoms with Crippen LogP contribution in [0.15, 0.2) is 48.5 Å². The van der Waals surface area contributed by atoms with Gasteiger partial charge in [-0.2, -0.15) is 5.26 Å². The van der Waals surface area contributed by atoms with E-state index in [1.54, 1.807) is 43.3 Å². The maximum atomic E-state index is 12.5. The molecule has 2 aromatic carbocycles. The van der Waals surface area contributed by atoms with Gasteiger partial charge in [-0.3, -0.25) is 9.59 Å². The van der Waals surface area contributed by atoms with Crippen LogP contribution in [0.25, 0.3) is 21.3 Å². The van der Waals surface area contributed by atoms with Crippen LogP contribution in [0.2, 0.25) is 0 Å². The van der Waals surface area contributed by atoms with Gasteiger partial charge in [-0.05, 0) is 30.7 Å². The van der Waals surface area contributed by atoms with Crippen LogP contribution in [0.5, 0.6) is 0 Å². The van der Waals surface area contributed by atoms with Crippen molar-refractivity contribution in [2.45, 2.75) is 13.3 Å². The summed E-state index contributed by atoms with van der Waals surface area (Å²) in [5.41, 5.74) is 14.6. The van der Waals surface area contributed by atoms with E-state index in [2.05, 4.69) is 16.0 Å². The van der Waals surface area contributed by atoms with Crippen LogP contribution in [0, 0.1) is 18.3 Å². The van der Waals surface area contributed by atoms with Crippen molar-refractivity contribution in [3.05, 3.63) is 81.6 Å². The van der Waals surface area contributed by atoms with Crippen molar-refractivity contribution in [1.82, 2.24) is 9.97 Å². The van der Waals surface area contributed by atoms with Crippen LogP contribution < -0.4 is 11.5 Å². The van der Waals surface area contributed by atoms with Crippen LogP contribution in [0.4, 0.5) is 0 Å². The minimum Gasteiger partial charge on any atom is -0.366 e. The lowest BCUT2D eigenvalue weighted by atomic mass is 9.97. The Hall–Kier alpha value is -4.09. The van der Waals surface area contributed by atoms with Crippen LogP contribution in [-0.2, 0) is 6.42 Å². The lowest BCUT2D eigenvalue weighted by Gasteiger charge is -2.13. The lowest BCUT2D eigenvalue weighted by molar-refractivity contribution is 0.0996. The number of para-hydroxylation sites is 1. The van der Waals surface area contributed by atoms with Crippen LogP contribution in [-0.4, -0.2) is 21.8 Å². The molecule has 0 aliphatic rings. The van der Waals surface area contributed by atoms with Gasteiger partial charge in [0.25, 0.3) is 5.91 Å². The van der Waals surface area contributed by atoms with E-state index in [4.69, 9.17) is 16.7 Å². The Bertz CT molecular complexity index is 1380. The number of aryl methyl sites for hydroxylation is 1. The highest BCUT2D eigenvalue weighted by Crippen LogP contribution is 2.38. The van der Waals surface area contributed by atoms with Gasteiger partial charge in [-0.1, -0.05) is 30.3 Å². The molecule has 2 heterocycles. The number of pyridine rings is 1. The number of carbonyl (C=O) groups is 2. The predicted molar refractivity (Wildman–Crippen MR) is 119 cm³/mol. The molecule has 0 bridgehead atoms. The average Bonchev–Trinajstić information content (AvgIpc) is 3.12. The Morgan fingerprint density at radius 2 is 1.74 bits per heavy atom. The third-order valence-corrected chi connectivity index (χ3v) is 6.05. The largest absolute Gasteiger partial charge is 0.366 e. The fourth-order valence-corrected chi connectivity index (χ4v) is 4.65. The van der Waals surface area contributed by atoms with E-state index in [-0.39, 0.29) is 11.3 Å². The summed E-state index contributed by atoms with van der Waals surface area (Å²) in [5, 5.41) is 10.3. The lowest BCUT2D eigenvalue weighted by Crippen LogP contribution is -2.20. The number of benzene rings is 2. The van der Waals surface area contributed by atoms with Crippen LogP contribution in [0.1, 0.15) is 42.7 Å².